The van der Waals surface area contributed by atoms with Gasteiger partial charge in [0.1, 0.15) is 4.90 Å². The molecule has 0 aromatic heterocycles. The summed E-state index contributed by atoms with van der Waals surface area (Å²) in [7, 11) is -1.39. The smallest absolute Gasteiger partial charge is 0.245 e. The maximum Gasteiger partial charge on any atom is 0.245 e. The summed E-state index contributed by atoms with van der Waals surface area (Å²) in [5, 5.41) is 3.20. The number of likely N-dealkylation sites (N-methyl/N-ethyl adjacent to an activating group) is 1. The highest BCUT2D eigenvalue weighted by molar-refractivity contribution is 7.89. The van der Waals surface area contributed by atoms with Crippen LogP contribution in [-0.4, -0.2) is 57.4 Å². The molecule has 0 aliphatic carbocycles. The van der Waals surface area contributed by atoms with E-state index in [2.05, 4.69) is 17.1 Å². The fraction of sp³-hybridized carbons (Fsp3) is 0.571. The molecule has 1 fully saturated rings. The second-order valence-electron chi connectivity index (χ2n) is 5.13. The van der Waals surface area contributed by atoms with Crippen molar-refractivity contribution in [1.29, 1.82) is 0 Å². The van der Waals surface area contributed by atoms with Crippen molar-refractivity contribution in [3.63, 3.8) is 0 Å². The van der Waals surface area contributed by atoms with Crippen LogP contribution in [0.4, 0.5) is 5.69 Å². The van der Waals surface area contributed by atoms with E-state index in [0.29, 0.717) is 23.7 Å². The first-order valence-electron chi connectivity index (χ1n) is 7.07. The quantitative estimate of drug-likeness (QED) is 0.893. The Balaban J connectivity index is 2.25. The number of hydrogen-bond acceptors (Lipinski definition) is 4. The molecule has 1 N–H and O–H groups in total. The van der Waals surface area contributed by atoms with Crippen LogP contribution in [0.3, 0.4) is 0 Å². The van der Waals surface area contributed by atoms with Crippen molar-refractivity contribution in [2.75, 3.05) is 45.1 Å². The predicted molar refractivity (Wildman–Crippen MR) is 81.5 cm³/mol. The maximum absolute atomic E-state index is 12.7. The van der Waals surface area contributed by atoms with Crippen molar-refractivity contribution in [2.24, 2.45) is 0 Å². The van der Waals surface area contributed by atoms with E-state index in [9.17, 15) is 8.42 Å². The molecule has 0 unspecified atom stereocenters. The molecule has 6 heteroatoms. The molecular weight excluding hydrogens is 274 g/mol. The third-order valence-corrected chi connectivity index (χ3v) is 5.49. The van der Waals surface area contributed by atoms with E-state index >= 15 is 0 Å². The number of benzene rings is 1. The summed E-state index contributed by atoms with van der Waals surface area (Å²) in [5.74, 6) is 0. The van der Waals surface area contributed by atoms with Crippen molar-refractivity contribution in [2.45, 2.75) is 18.2 Å². The number of sulfonamides is 1. The first kappa shape index (κ1) is 15.3. The van der Waals surface area contributed by atoms with Crippen LogP contribution in [0.5, 0.6) is 0 Å². The fourth-order valence-corrected chi connectivity index (χ4v) is 3.86. The van der Waals surface area contributed by atoms with Gasteiger partial charge < -0.3 is 10.2 Å². The molecule has 1 aromatic rings. The van der Waals surface area contributed by atoms with E-state index in [1.54, 1.807) is 16.4 Å². The zero-order valence-corrected chi connectivity index (χ0v) is 13.0. The molecule has 0 bridgehead atoms. The van der Waals surface area contributed by atoms with Gasteiger partial charge in [-0.05, 0) is 25.6 Å². The Hall–Kier alpha value is -1.11. The number of piperazine rings is 1. The van der Waals surface area contributed by atoms with E-state index in [1.807, 2.05) is 19.2 Å². The van der Waals surface area contributed by atoms with Crippen LogP contribution in [0.15, 0.2) is 29.2 Å². The van der Waals surface area contributed by atoms with Crippen molar-refractivity contribution < 1.29 is 8.42 Å². The first-order valence-corrected chi connectivity index (χ1v) is 8.51. The van der Waals surface area contributed by atoms with Crippen LogP contribution in [-0.2, 0) is 10.0 Å². The number of nitrogens with zero attached hydrogens (tertiary/aromatic N) is 2. The summed E-state index contributed by atoms with van der Waals surface area (Å²) < 4.78 is 27.1. The van der Waals surface area contributed by atoms with Crippen molar-refractivity contribution in [3.05, 3.63) is 24.3 Å². The third kappa shape index (κ3) is 3.31. The number of para-hydroxylation sites is 1. The minimum absolute atomic E-state index is 0.387. The van der Waals surface area contributed by atoms with Crippen molar-refractivity contribution in [3.8, 4) is 0 Å². The minimum atomic E-state index is -3.40. The molecule has 0 amide bonds. The van der Waals surface area contributed by atoms with Gasteiger partial charge in [-0.25, -0.2) is 8.42 Å². The molecule has 0 saturated carbocycles. The van der Waals surface area contributed by atoms with E-state index in [4.69, 9.17) is 0 Å². The molecule has 1 saturated heterocycles. The lowest BCUT2D eigenvalue weighted by Gasteiger charge is -2.32. The Labute approximate surface area is 121 Å². The molecule has 1 aliphatic rings. The first-order chi connectivity index (χ1) is 9.55. The zero-order valence-electron chi connectivity index (χ0n) is 12.2. The van der Waals surface area contributed by atoms with Crippen LogP contribution in [0.2, 0.25) is 0 Å². The topological polar surface area (TPSA) is 52.7 Å². The Bertz CT molecular complexity index is 537. The normalized spacial score (nSPS) is 18.1. The molecule has 1 aromatic carbocycles. The number of hydrogen-bond donors (Lipinski definition) is 1. The van der Waals surface area contributed by atoms with Gasteiger partial charge in [-0.2, -0.15) is 4.31 Å². The highest BCUT2D eigenvalue weighted by Crippen LogP contribution is 2.25. The lowest BCUT2D eigenvalue weighted by molar-refractivity contribution is 0.222. The van der Waals surface area contributed by atoms with E-state index in [1.165, 1.54) is 0 Å². The van der Waals surface area contributed by atoms with E-state index < -0.39 is 10.0 Å². The molecule has 20 heavy (non-hydrogen) atoms. The van der Waals surface area contributed by atoms with Gasteiger partial charge in [0.25, 0.3) is 0 Å². The molecule has 0 spiro atoms. The molecule has 0 atom stereocenters. The summed E-state index contributed by atoms with van der Waals surface area (Å²) in [6.45, 7) is 5.51. The minimum Gasteiger partial charge on any atom is -0.384 e. The average Bonchev–Trinajstić information content (AvgIpc) is 2.46. The summed E-state index contributed by atoms with van der Waals surface area (Å²) in [5.41, 5.74) is 0.702. The standard InChI is InChI=1S/C14H23N3O2S/c1-3-8-15-13-6-4-5-7-14(13)20(18,19)17-11-9-16(2)10-12-17/h4-7,15H,3,8-12H2,1-2H3. The molecular formula is C14H23N3O2S. The second kappa shape index (κ2) is 6.56. The predicted octanol–water partition coefficient (Wildman–Crippen LogP) is 1.44. The average molecular weight is 297 g/mol. The summed E-state index contributed by atoms with van der Waals surface area (Å²) >= 11 is 0. The van der Waals surface area contributed by atoms with Gasteiger partial charge in [0.05, 0.1) is 5.69 Å². The van der Waals surface area contributed by atoms with Gasteiger partial charge in [-0.3, -0.25) is 0 Å². The van der Waals surface area contributed by atoms with E-state index in [-0.39, 0.29) is 0 Å². The van der Waals surface area contributed by atoms with Gasteiger partial charge in [-0.1, -0.05) is 19.1 Å². The lowest BCUT2D eigenvalue weighted by atomic mass is 10.3. The molecule has 5 nitrogen and oxygen atoms in total. The van der Waals surface area contributed by atoms with Crippen LogP contribution < -0.4 is 5.32 Å². The Morgan fingerprint density at radius 1 is 1.15 bits per heavy atom. The monoisotopic (exact) mass is 297 g/mol. The molecule has 0 radical (unpaired) electrons. The Morgan fingerprint density at radius 2 is 1.80 bits per heavy atom. The zero-order chi connectivity index (χ0) is 14.6. The molecule has 1 heterocycles. The lowest BCUT2D eigenvalue weighted by Crippen LogP contribution is -2.47. The fourth-order valence-electron chi connectivity index (χ4n) is 2.26. The highest BCUT2D eigenvalue weighted by atomic mass is 32.2. The summed E-state index contributed by atoms with van der Waals surface area (Å²) in [6, 6.07) is 7.16. The van der Waals surface area contributed by atoms with Crippen LogP contribution in [0.25, 0.3) is 0 Å². The van der Waals surface area contributed by atoms with Gasteiger partial charge >= 0.3 is 0 Å². The van der Waals surface area contributed by atoms with Crippen molar-refractivity contribution >= 4 is 15.7 Å². The molecule has 2 rings (SSSR count). The summed E-state index contributed by atoms with van der Waals surface area (Å²) in [6.07, 6.45) is 0.961. The molecule has 1 aliphatic heterocycles. The third-order valence-electron chi connectivity index (χ3n) is 3.53. The van der Waals surface area contributed by atoms with Gasteiger partial charge in [-0.15, -0.1) is 0 Å². The highest BCUT2D eigenvalue weighted by Gasteiger charge is 2.29. The summed E-state index contributed by atoms with van der Waals surface area (Å²) in [4.78, 5) is 2.53. The van der Waals surface area contributed by atoms with Crippen LogP contribution in [0.1, 0.15) is 13.3 Å². The Kier molecular flexibility index (Phi) is 5.01. The number of nitrogens with one attached hydrogen (secondary N) is 1. The SMILES string of the molecule is CCCNc1ccccc1S(=O)(=O)N1CCN(C)CC1. The van der Waals surface area contributed by atoms with Gasteiger partial charge in [0.15, 0.2) is 0 Å². The van der Waals surface area contributed by atoms with Crippen LogP contribution >= 0.6 is 0 Å². The van der Waals surface area contributed by atoms with Crippen LogP contribution in [0, 0.1) is 0 Å². The molecule has 112 valence electrons. The largest absolute Gasteiger partial charge is 0.384 e. The van der Waals surface area contributed by atoms with Gasteiger partial charge in [0, 0.05) is 32.7 Å². The van der Waals surface area contributed by atoms with E-state index in [0.717, 1.165) is 26.1 Å². The number of anilines is 1. The van der Waals surface area contributed by atoms with Gasteiger partial charge in [0.2, 0.25) is 10.0 Å². The maximum atomic E-state index is 12.7. The van der Waals surface area contributed by atoms with Crippen molar-refractivity contribution in [1.82, 2.24) is 9.21 Å². The number of rotatable bonds is 5. The second-order valence-corrected chi connectivity index (χ2v) is 7.04. The Morgan fingerprint density at radius 3 is 2.45 bits per heavy atom.